The lowest BCUT2D eigenvalue weighted by molar-refractivity contribution is 0.603. The van der Waals surface area contributed by atoms with Crippen molar-refractivity contribution in [3.05, 3.63) is 156 Å². The average Bonchev–Trinajstić information content (AvgIpc) is 3.35. The molecule has 0 spiro atoms. The highest BCUT2D eigenvalue weighted by Crippen LogP contribution is 2.40. The summed E-state index contributed by atoms with van der Waals surface area (Å²) in [5.74, 6) is 0.305. The van der Waals surface area contributed by atoms with Crippen molar-refractivity contribution < 1.29 is 0 Å². The predicted molar refractivity (Wildman–Crippen MR) is 151 cm³/mol. The molecule has 0 aliphatic heterocycles. The molecule has 3 N–H and O–H groups in total. The van der Waals surface area contributed by atoms with Crippen LogP contribution in [0.25, 0.3) is 21.8 Å². The largest absolute Gasteiger partial charge is 0.382 e. The van der Waals surface area contributed by atoms with Gasteiger partial charge in [-0.1, -0.05) is 109 Å². The molecule has 37 heavy (non-hydrogen) atoms. The van der Waals surface area contributed by atoms with E-state index >= 15 is 0 Å². The van der Waals surface area contributed by atoms with E-state index in [4.69, 9.17) is 10.8 Å². The normalized spacial score (nSPS) is 12.5. The van der Waals surface area contributed by atoms with Gasteiger partial charge in [-0.25, -0.2) is 0 Å². The molecule has 6 aromatic rings. The molecule has 0 aliphatic rings. The van der Waals surface area contributed by atoms with Crippen LogP contribution in [-0.4, -0.2) is 10.8 Å². The third-order valence-electron chi connectivity index (χ3n) is 6.72. The molecule has 5 nitrogen and oxygen atoms in total. The van der Waals surface area contributed by atoms with Crippen molar-refractivity contribution in [3.63, 3.8) is 0 Å². The quantitative estimate of drug-likeness (QED) is 0.0844. The molecule has 0 bridgehead atoms. The fourth-order valence-corrected chi connectivity index (χ4v) is 4.91. The van der Waals surface area contributed by atoms with Gasteiger partial charge in [0.15, 0.2) is 11.4 Å². The maximum absolute atomic E-state index is 6.43. The molecule has 0 radical (unpaired) electrons. The van der Waals surface area contributed by atoms with E-state index in [1.54, 1.807) is 0 Å². The summed E-state index contributed by atoms with van der Waals surface area (Å²) in [6, 6.07) is 44.7. The Morgan fingerprint density at radius 1 is 0.568 bits per heavy atom. The first-order valence-electron chi connectivity index (χ1n) is 12.2. The number of fused-ring (bicyclic) bond motifs is 3. The molecule has 5 aromatic carbocycles. The molecule has 0 saturated carbocycles. The van der Waals surface area contributed by atoms with Crippen molar-refractivity contribution in [2.24, 2.45) is 21.2 Å². The number of amidine groups is 1. The van der Waals surface area contributed by atoms with Crippen LogP contribution in [-0.2, 0) is 5.54 Å². The minimum Gasteiger partial charge on any atom is -0.382 e. The van der Waals surface area contributed by atoms with Gasteiger partial charge in [0, 0.05) is 27.4 Å². The van der Waals surface area contributed by atoms with Crippen molar-refractivity contribution in [3.8, 4) is 0 Å². The maximum Gasteiger partial charge on any atom is 0.159 e. The number of para-hydroxylation sites is 1. The first-order valence-corrected chi connectivity index (χ1v) is 12.2. The van der Waals surface area contributed by atoms with Gasteiger partial charge in [0.05, 0.1) is 0 Å². The van der Waals surface area contributed by atoms with Crippen LogP contribution in [0.3, 0.4) is 0 Å². The van der Waals surface area contributed by atoms with Crippen LogP contribution in [0.15, 0.2) is 149 Å². The SMILES string of the molecule is N/C(=N\N=NC(c1ccccc1)(c1ccccc1)c1ccccc1)c1ccc2[nH]c3ccccc3c2c1. The number of hydrogen-bond acceptors (Lipinski definition) is 2. The third kappa shape index (κ3) is 4.06. The van der Waals surface area contributed by atoms with Gasteiger partial charge < -0.3 is 10.7 Å². The summed E-state index contributed by atoms with van der Waals surface area (Å²) in [4.78, 5) is 3.44. The van der Waals surface area contributed by atoms with Crippen molar-refractivity contribution in [1.82, 2.24) is 4.98 Å². The van der Waals surface area contributed by atoms with Gasteiger partial charge >= 0.3 is 0 Å². The zero-order valence-electron chi connectivity index (χ0n) is 20.1. The second kappa shape index (κ2) is 9.55. The third-order valence-corrected chi connectivity index (χ3v) is 6.72. The summed E-state index contributed by atoms with van der Waals surface area (Å²) < 4.78 is 0. The second-order valence-corrected chi connectivity index (χ2v) is 8.91. The van der Waals surface area contributed by atoms with Gasteiger partial charge in [0.25, 0.3) is 0 Å². The smallest absolute Gasteiger partial charge is 0.159 e. The van der Waals surface area contributed by atoms with Gasteiger partial charge in [0.2, 0.25) is 0 Å². The first-order chi connectivity index (χ1) is 18.3. The van der Waals surface area contributed by atoms with E-state index in [1.807, 2.05) is 84.9 Å². The van der Waals surface area contributed by atoms with E-state index in [9.17, 15) is 0 Å². The van der Waals surface area contributed by atoms with Crippen LogP contribution >= 0.6 is 0 Å². The van der Waals surface area contributed by atoms with Crippen LogP contribution in [0.2, 0.25) is 0 Å². The molecule has 1 aromatic heterocycles. The number of nitrogens with two attached hydrogens (primary N) is 1. The fourth-order valence-electron chi connectivity index (χ4n) is 4.91. The van der Waals surface area contributed by atoms with Crippen LogP contribution in [0.4, 0.5) is 0 Å². The minimum atomic E-state index is -0.881. The van der Waals surface area contributed by atoms with E-state index in [2.05, 4.69) is 63.8 Å². The number of rotatable bonds is 6. The number of aromatic nitrogens is 1. The number of hydrogen-bond donors (Lipinski definition) is 2. The summed E-state index contributed by atoms with van der Waals surface area (Å²) in [5, 5.41) is 15.9. The molecule has 0 unspecified atom stereocenters. The first kappa shape index (κ1) is 22.4. The zero-order chi connectivity index (χ0) is 25.1. The summed E-state index contributed by atoms with van der Waals surface area (Å²) >= 11 is 0. The molecular formula is C32H25N5. The number of benzene rings is 5. The van der Waals surface area contributed by atoms with Gasteiger partial charge in [-0.15, -0.1) is 10.2 Å². The van der Waals surface area contributed by atoms with Crippen molar-refractivity contribution in [1.29, 1.82) is 0 Å². The standard InChI is InChI=1S/C32H25N5/c33-31(23-20-21-30-28(22-23)27-18-10-11-19-29(27)34-30)35-37-36-32(24-12-4-1-5-13-24,25-14-6-2-7-15-25)26-16-8-3-9-17-26/h1-22,34H,(H2,33,35,36). The Hall–Kier alpha value is -5.03. The summed E-state index contributed by atoms with van der Waals surface area (Å²) in [5.41, 5.74) is 11.5. The van der Waals surface area contributed by atoms with Crippen LogP contribution in [0, 0.1) is 0 Å². The number of nitrogens with one attached hydrogen (secondary N) is 1. The molecule has 0 aliphatic carbocycles. The predicted octanol–water partition coefficient (Wildman–Crippen LogP) is 7.39. The van der Waals surface area contributed by atoms with Gasteiger partial charge in [-0.05, 0) is 46.2 Å². The Balaban J connectivity index is 1.47. The fraction of sp³-hybridized carbons (Fsp3) is 0.0312. The zero-order valence-corrected chi connectivity index (χ0v) is 20.1. The van der Waals surface area contributed by atoms with E-state index in [-0.39, 0.29) is 0 Å². The summed E-state index contributed by atoms with van der Waals surface area (Å²) in [6.45, 7) is 0. The molecule has 6 rings (SSSR count). The highest BCUT2D eigenvalue weighted by molar-refractivity contribution is 6.10. The minimum absolute atomic E-state index is 0.305. The van der Waals surface area contributed by atoms with E-state index in [1.165, 1.54) is 0 Å². The summed E-state index contributed by atoms with van der Waals surface area (Å²) in [6.07, 6.45) is 0. The number of H-pyrrole nitrogens is 1. The molecule has 5 heteroatoms. The van der Waals surface area contributed by atoms with Gasteiger partial charge in [-0.3, -0.25) is 0 Å². The topological polar surface area (TPSA) is 78.9 Å². The van der Waals surface area contributed by atoms with Crippen molar-refractivity contribution in [2.75, 3.05) is 0 Å². The Labute approximate surface area is 215 Å². The molecule has 0 saturated heterocycles. The van der Waals surface area contributed by atoms with E-state index in [0.29, 0.717) is 5.84 Å². The monoisotopic (exact) mass is 479 g/mol. The number of aromatic amines is 1. The number of nitrogens with zero attached hydrogens (tertiary/aromatic N) is 3. The molecule has 0 amide bonds. The molecule has 178 valence electrons. The lowest BCUT2D eigenvalue weighted by atomic mass is 9.78. The van der Waals surface area contributed by atoms with E-state index < -0.39 is 5.54 Å². The molecule has 0 fully saturated rings. The Kier molecular flexibility index (Phi) is 5.79. The van der Waals surface area contributed by atoms with E-state index in [0.717, 1.165) is 44.1 Å². The highest BCUT2D eigenvalue weighted by atomic mass is 15.4. The van der Waals surface area contributed by atoms with Crippen LogP contribution in [0.1, 0.15) is 22.3 Å². The Morgan fingerprint density at radius 2 is 1.08 bits per heavy atom. The maximum atomic E-state index is 6.43. The second-order valence-electron chi connectivity index (χ2n) is 8.91. The Bertz CT molecular complexity index is 1620. The Morgan fingerprint density at radius 3 is 1.68 bits per heavy atom. The molecule has 1 heterocycles. The molecule has 0 atom stereocenters. The summed E-state index contributed by atoms with van der Waals surface area (Å²) in [7, 11) is 0. The van der Waals surface area contributed by atoms with Crippen molar-refractivity contribution >= 4 is 27.6 Å². The average molecular weight is 480 g/mol. The van der Waals surface area contributed by atoms with Crippen LogP contribution < -0.4 is 5.73 Å². The molecular weight excluding hydrogens is 454 g/mol. The highest BCUT2D eigenvalue weighted by Gasteiger charge is 2.36. The lowest BCUT2D eigenvalue weighted by Crippen LogP contribution is -2.26. The van der Waals surface area contributed by atoms with Crippen molar-refractivity contribution in [2.45, 2.75) is 5.54 Å². The lowest BCUT2D eigenvalue weighted by Gasteiger charge is -2.30. The van der Waals surface area contributed by atoms with Crippen LogP contribution in [0.5, 0.6) is 0 Å². The van der Waals surface area contributed by atoms with Gasteiger partial charge in [-0.2, -0.15) is 0 Å². The van der Waals surface area contributed by atoms with Gasteiger partial charge in [0.1, 0.15) is 0 Å².